The predicted molar refractivity (Wildman–Crippen MR) is 323 cm³/mol. The number of hydrogen-bond acceptors (Lipinski definition) is 3. The third-order valence-electron chi connectivity index (χ3n) is 16.3. The summed E-state index contributed by atoms with van der Waals surface area (Å²) in [5.74, 6) is -0.0212. The first-order valence-corrected chi connectivity index (χ1v) is 33.9. The fourth-order valence-electron chi connectivity index (χ4n) is 11.1. The lowest BCUT2D eigenvalue weighted by atomic mass is 10.0. The van der Waals surface area contributed by atoms with E-state index < -0.39 is 12.1 Å². The molecule has 4 heteroatoms. The molecule has 2 unspecified atom stereocenters. The van der Waals surface area contributed by atoms with Gasteiger partial charge in [0.1, 0.15) is 0 Å². The molecule has 0 aliphatic rings. The molecule has 0 bridgehead atoms. The number of unbranched alkanes of at least 4 members (excludes halogenated alkanes) is 55. The highest BCUT2D eigenvalue weighted by Crippen LogP contribution is 2.19. The fourth-order valence-corrected chi connectivity index (χ4v) is 11.1. The molecule has 72 heavy (non-hydrogen) atoms. The number of hydrogen-bond donors (Lipinski definition) is 3. The monoisotopic (exact) mass is 1010 g/mol. The van der Waals surface area contributed by atoms with E-state index in [4.69, 9.17) is 0 Å². The van der Waals surface area contributed by atoms with Crippen molar-refractivity contribution in [3.8, 4) is 0 Å². The Morgan fingerprint density at radius 1 is 0.319 bits per heavy atom. The zero-order valence-electron chi connectivity index (χ0n) is 49.7. The zero-order valence-corrected chi connectivity index (χ0v) is 49.7. The van der Waals surface area contributed by atoms with Gasteiger partial charge in [0.05, 0.1) is 18.8 Å². The topological polar surface area (TPSA) is 69.6 Å². The van der Waals surface area contributed by atoms with Crippen molar-refractivity contribution in [1.82, 2.24) is 5.32 Å². The molecule has 0 aromatic rings. The molecule has 0 spiro atoms. The second kappa shape index (κ2) is 64.4. The largest absolute Gasteiger partial charge is 0.394 e. The van der Waals surface area contributed by atoms with Gasteiger partial charge in [-0.1, -0.05) is 366 Å². The molecular formula is C68H135NO3. The Bertz CT molecular complexity index is 1010. The van der Waals surface area contributed by atoms with Crippen molar-refractivity contribution in [2.45, 2.75) is 411 Å². The number of nitrogens with one attached hydrogen (secondary N) is 1. The lowest BCUT2D eigenvalue weighted by molar-refractivity contribution is -0.123. The van der Waals surface area contributed by atoms with Crippen LogP contribution in [0.15, 0.2) is 12.2 Å². The Balaban J connectivity index is 3.37. The summed E-state index contributed by atoms with van der Waals surface area (Å²) in [5, 5.41) is 23.5. The Morgan fingerprint density at radius 3 is 0.764 bits per heavy atom. The molecule has 4 nitrogen and oxygen atoms in total. The van der Waals surface area contributed by atoms with E-state index in [2.05, 4.69) is 31.3 Å². The van der Waals surface area contributed by atoms with Crippen molar-refractivity contribution in [1.29, 1.82) is 0 Å². The average molecular weight is 1010 g/mol. The van der Waals surface area contributed by atoms with Gasteiger partial charge in [-0.3, -0.25) is 4.79 Å². The molecular weight excluding hydrogens is 879 g/mol. The molecule has 1 amide bonds. The van der Waals surface area contributed by atoms with Crippen LogP contribution in [0.25, 0.3) is 0 Å². The van der Waals surface area contributed by atoms with E-state index in [1.807, 2.05) is 0 Å². The first-order valence-electron chi connectivity index (χ1n) is 33.9. The van der Waals surface area contributed by atoms with Crippen LogP contribution < -0.4 is 5.32 Å². The number of rotatable bonds is 64. The first kappa shape index (κ1) is 71.1. The van der Waals surface area contributed by atoms with Gasteiger partial charge in [0, 0.05) is 6.42 Å². The van der Waals surface area contributed by atoms with E-state index in [0.29, 0.717) is 12.8 Å². The van der Waals surface area contributed by atoms with Gasteiger partial charge in [0.25, 0.3) is 0 Å². The highest BCUT2D eigenvalue weighted by atomic mass is 16.3. The number of aliphatic hydroxyl groups excluding tert-OH is 2. The fraction of sp³-hybridized carbons (Fsp3) is 0.956. The maximum atomic E-state index is 12.6. The van der Waals surface area contributed by atoms with Gasteiger partial charge in [0.2, 0.25) is 5.91 Å². The quantitative estimate of drug-likeness (QED) is 0.0420. The van der Waals surface area contributed by atoms with Crippen LogP contribution in [0, 0.1) is 0 Å². The smallest absolute Gasteiger partial charge is 0.220 e. The van der Waals surface area contributed by atoms with Gasteiger partial charge >= 0.3 is 0 Å². The van der Waals surface area contributed by atoms with Crippen molar-refractivity contribution >= 4 is 5.91 Å². The summed E-state index contributed by atoms with van der Waals surface area (Å²) in [7, 11) is 0. The van der Waals surface area contributed by atoms with Gasteiger partial charge in [-0.15, -0.1) is 0 Å². The average Bonchev–Trinajstić information content (AvgIpc) is 3.39. The molecule has 0 aromatic carbocycles. The van der Waals surface area contributed by atoms with Gasteiger partial charge in [0.15, 0.2) is 0 Å². The summed E-state index contributed by atoms with van der Waals surface area (Å²) in [4.78, 5) is 12.6. The summed E-state index contributed by atoms with van der Waals surface area (Å²) < 4.78 is 0. The lowest BCUT2D eigenvalue weighted by Crippen LogP contribution is -2.45. The highest BCUT2D eigenvalue weighted by molar-refractivity contribution is 5.76. The van der Waals surface area contributed by atoms with Crippen molar-refractivity contribution in [2.75, 3.05) is 6.61 Å². The Kier molecular flexibility index (Phi) is 63.6. The minimum atomic E-state index is -0.658. The second-order valence-electron chi connectivity index (χ2n) is 23.6. The van der Waals surface area contributed by atoms with E-state index in [1.165, 1.54) is 347 Å². The number of allylic oxidation sites excluding steroid dienone is 2. The van der Waals surface area contributed by atoms with Crippen LogP contribution in [0.2, 0.25) is 0 Å². The van der Waals surface area contributed by atoms with Crippen LogP contribution in [-0.4, -0.2) is 34.9 Å². The Labute approximate surface area is 454 Å². The second-order valence-corrected chi connectivity index (χ2v) is 23.6. The van der Waals surface area contributed by atoms with E-state index in [-0.39, 0.29) is 12.5 Å². The van der Waals surface area contributed by atoms with Crippen LogP contribution >= 0.6 is 0 Å². The maximum Gasteiger partial charge on any atom is 0.220 e. The van der Waals surface area contributed by atoms with Crippen LogP contribution in [0.1, 0.15) is 399 Å². The number of carbonyl (C=O) groups is 1. The zero-order chi connectivity index (χ0) is 52.0. The molecule has 3 N–H and O–H groups in total. The van der Waals surface area contributed by atoms with Crippen molar-refractivity contribution in [2.24, 2.45) is 0 Å². The molecule has 2 atom stereocenters. The van der Waals surface area contributed by atoms with Gasteiger partial charge in [-0.05, 0) is 38.5 Å². The summed E-state index contributed by atoms with van der Waals surface area (Å²) in [5.41, 5.74) is 0. The first-order chi connectivity index (χ1) is 35.7. The number of aliphatic hydroxyl groups is 2. The SMILES string of the molecule is CCCCCCCCCC/C=C\CCCCCCCCCCCCCCCCCCCCCC(=O)NC(CO)C(O)CCCCCCCCCCCCCCCCCCCCCCCCCCCCCCC. The minimum Gasteiger partial charge on any atom is -0.394 e. The lowest BCUT2D eigenvalue weighted by Gasteiger charge is -2.22. The van der Waals surface area contributed by atoms with Crippen LogP contribution in [-0.2, 0) is 4.79 Å². The maximum absolute atomic E-state index is 12.6. The molecule has 0 aliphatic heterocycles. The van der Waals surface area contributed by atoms with Crippen molar-refractivity contribution in [3.05, 3.63) is 12.2 Å². The molecule has 0 aromatic heterocycles. The van der Waals surface area contributed by atoms with Crippen LogP contribution in [0.4, 0.5) is 0 Å². The molecule has 0 fully saturated rings. The highest BCUT2D eigenvalue weighted by Gasteiger charge is 2.20. The summed E-state index contributed by atoms with van der Waals surface area (Å²) in [6, 6.07) is -0.534. The Hall–Kier alpha value is -0.870. The molecule has 0 aliphatic carbocycles. The molecule has 0 rings (SSSR count). The van der Waals surface area contributed by atoms with Gasteiger partial charge in [-0.2, -0.15) is 0 Å². The Morgan fingerprint density at radius 2 is 0.528 bits per heavy atom. The molecule has 430 valence electrons. The normalized spacial score (nSPS) is 12.7. The van der Waals surface area contributed by atoms with E-state index in [1.54, 1.807) is 0 Å². The van der Waals surface area contributed by atoms with Gasteiger partial charge < -0.3 is 15.5 Å². The van der Waals surface area contributed by atoms with E-state index >= 15 is 0 Å². The third kappa shape index (κ3) is 60.0. The van der Waals surface area contributed by atoms with Gasteiger partial charge in [-0.25, -0.2) is 0 Å². The third-order valence-corrected chi connectivity index (χ3v) is 16.3. The standard InChI is InChI=1S/C68H135NO3/c1-3-5-7-9-11-13-15-17-19-21-23-25-27-29-31-33-34-36-38-40-42-44-46-48-50-52-54-56-58-60-62-64-68(72)69-66(65-70)67(71)63-61-59-57-55-53-51-49-47-45-43-41-39-37-35-32-30-28-26-24-22-20-18-16-14-12-10-8-6-4-2/h21,23,66-67,70-71H,3-20,22,24-65H2,1-2H3,(H,69,72)/b23-21-. The minimum absolute atomic E-state index is 0.0212. The van der Waals surface area contributed by atoms with E-state index in [9.17, 15) is 15.0 Å². The van der Waals surface area contributed by atoms with Crippen molar-refractivity contribution < 1.29 is 15.0 Å². The predicted octanol–water partition coefficient (Wildman–Crippen LogP) is 22.8. The van der Waals surface area contributed by atoms with E-state index in [0.717, 1.165) is 25.7 Å². The summed E-state index contributed by atoms with van der Waals surface area (Å²) in [6.07, 6.45) is 85.5. The molecule has 0 radical (unpaired) electrons. The summed E-state index contributed by atoms with van der Waals surface area (Å²) >= 11 is 0. The number of amides is 1. The van der Waals surface area contributed by atoms with Crippen LogP contribution in [0.3, 0.4) is 0 Å². The van der Waals surface area contributed by atoms with Crippen molar-refractivity contribution in [3.63, 3.8) is 0 Å². The van der Waals surface area contributed by atoms with Crippen LogP contribution in [0.5, 0.6) is 0 Å². The molecule has 0 heterocycles. The summed E-state index contributed by atoms with van der Waals surface area (Å²) in [6.45, 7) is 4.41. The molecule has 0 saturated carbocycles. The molecule has 0 saturated heterocycles. The number of carbonyl (C=O) groups excluding carboxylic acids is 1.